The van der Waals surface area contributed by atoms with Crippen LogP contribution in [0.4, 0.5) is 15.8 Å². The summed E-state index contributed by atoms with van der Waals surface area (Å²) in [5, 5.41) is 0. The number of amides is 1. The van der Waals surface area contributed by atoms with E-state index in [0.29, 0.717) is 28.8 Å². The van der Waals surface area contributed by atoms with Crippen LogP contribution >= 0.6 is 15.9 Å². The number of halogens is 2. The third kappa shape index (κ3) is 3.33. The largest absolute Gasteiger partial charge is 0.310 e. The molecule has 0 spiro atoms. The molecule has 5 nitrogen and oxygen atoms in total. The normalized spacial score (nSPS) is 16.2. The van der Waals surface area contributed by atoms with Gasteiger partial charge in [0.1, 0.15) is 10.7 Å². The van der Waals surface area contributed by atoms with Gasteiger partial charge in [0.2, 0.25) is 5.91 Å². The van der Waals surface area contributed by atoms with Crippen molar-refractivity contribution in [1.82, 2.24) is 0 Å². The van der Waals surface area contributed by atoms with E-state index in [4.69, 9.17) is 0 Å². The first kappa shape index (κ1) is 19.4. The van der Waals surface area contributed by atoms with Crippen LogP contribution in [0.2, 0.25) is 0 Å². The Morgan fingerprint density at radius 1 is 1.25 bits per heavy atom. The molecule has 2 aliphatic rings. The first-order chi connectivity index (χ1) is 13.3. The summed E-state index contributed by atoms with van der Waals surface area (Å²) in [6, 6.07) is 8.80. The molecule has 148 valence electrons. The van der Waals surface area contributed by atoms with Crippen LogP contribution in [0.3, 0.4) is 0 Å². The van der Waals surface area contributed by atoms with Crippen molar-refractivity contribution in [2.45, 2.75) is 31.1 Å². The fourth-order valence-electron chi connectivity index (χ4n) is 3.65. The molecule has 1 saturated carbocycles. The van der Waals surface area contributed by atoms with Gasteiger partial charge in [0.05, 0.1) is 11.4 Å². The van der Waals surface area contributed by atoms with E-state index in [9.17, 15) is 17.6 Å². The van der Waals surface area contributed by atoms with Crippen molar-refractivity contribution in [2.24, 2.45) is 5.92 Å². The van der Waals surface area contributed by atoms with Crippen LogP contribution in [-0.2, 0) is 21.2 Å². The molecule has 0 aromatic heterocycles. The van der Waals surface area contributed by atoms with Gasteiger partial charge in [-0.25, -0.2) is 12.8 Å². The molecule has 4 rings (SSSR count). The number of hydrogen-bond donors (Lipinski definition) is 0. The van der Waals surface area contributed by atoms with Gasteiger partial charge in [0.25, 0.3) is 10.0 Å². The number of anilines is 2. The number of carbonyl (C=O) groups excluding carboxylic acids is 1. The number of carbonyl (C=O) groups is 1. The molecule has 0 radical (unpaired) electrons. The average molecular weight is 467 g/mol. The van der Waals surface area contributed by atoms with Crippen LogP contribution in [0, 0.1) is 11.7 Å². The van der Waals surface area contributed by atoms with Crippen LogP contribution in [0.1, 0.15) is 25.3 Å². The standard InChI is InChI=1S/C20H20BrFN2O3S/c1-2-24(17-7-5-16(22)6-8-17)28(26,27)18-12-15(21)11-14-9-10-23(19(14)18)20(25)13-3-4-13/h5-8,11-13H,2-4,9-10H2,1H3. The summed E-state index contributed by atoms with van der Waals surface area (Å²) >= 11 is 3.41. The highest BCUT2D eigenvalue weighted by molar-refractivity contribution is 9.10. The lowest BCUT2D eigenvalue weighted by Gasteiger charge is -2.27. The van der Waals surface area contributed by atoms with Crippen LogP contribution in [-0.4, -0.2) is 27.4 Å². The molecule has 1 aliphatic carbocycles. The van der Waals surface area contributed by atoms with Crippen molar-refractivity contribution < 1.29 is 17.6 Å². The molecule has 2 aromatic carbocycles. The first-order valence-corrected chi connectivity index (χ1v) is 11.5. The lowest BCUT2D eigenvalue weighted by molar-refractivity contribution is -0.119. The zero-order valence-corrected chi connectivity index (χ0v) is 17.8. The molecular formula is C20H20BrFN2O3S. The van der Waals surface area contributed by atoms with E-state index in [-0.39, 0.29) is 23.3 Å². The minimum Gasteiger partial charge on any atom is -0.310 e. The third-order valence-electron chi connectivity index (χ3n) is 5.16. The van der Waals surface area contributed by atoms with E-state index >= 15 is 0 Å². The number of fused-ring (bicyclic) bond motifs is 1. The Balaban J connectivity index is 1.83. The number of hydrogen-bond acceptors (Lipinski definition) is 3. The Morgan fingerprint density at radius 3 is 2.54 bits per heavy atom. The van der Waals surface area contributed by atoms with Gasteiger partial charge < -0.3 is 4.90 Å². The topological polar surface area (TPSA) is 57.7 Å². The van der Waals surface area contributed by atoms with Crippen molar-refractivity contribution >= 4 is 43.2 Å². The van der Waals surface area contributed by atoms with E-state index in [1.807, 2.05) is 6.07 Å². The highest BCUT2D eigenvalue weighted by Crippen LogP contribution is 2.42. The predicted octanol–water partition coefficient (Wildman–Crippen LogP) is 4.10. The van der Waals surface area contributed by atoms with Crippen molar-refractivity contribution in [3.05, 3.63) is 52.3 Å². The van der Waals surface area contributed by atoms with Crippen molar-refractivity contribution in [3.63, 3.8) is 0 Å². The molecule has 1 fully saturated rings. The molecule has 1 aliphatic heterocycles. The summed E-state index contributed by atoms with van der Waals surface area (Å²) < 4.78 is 42.4. The van der Waals surface area contributed by atoms with Gasteiger partial charge in [0, 0.05) is 23.5 Å². The summed E-state index contributed by atoms with van der Waals surface area (Å²) in [4.78, 5) is 14.5. The van der Waals surface area contributed by atoms with Gasteiger partial charge in [0.15, 0.2) is 0 Å². The first-order valence-electron chi connectivity index (χ1n) is 9.25. The van der Waals surface area contributed by atoms with Crippen molar-refractivity contribution in [2.75, 3.05) is 22.3 Å². The van der Waals surface area contributed by atoms with Gasteiger partial charge in [-0.2, -0.15) is 0 Å². The molecule has 0 saturated heterocycles. The quantitative estimate of drug-likeness (QED) is 0.666. The van der Waals surface area contributed by atoms with Crippen LogP contribution in [0.15, 0.2) is 45.8 Å². The van der Waals surface area contributed by atoms with E-state index < -0.39 is 15.8 Å². The van der Waals surface area contributed by atoms with E-state index in [1.54, 1.807) is 17.9 Å². The number of rotatable bonds is 5. The summed E-state index contributed by atoms with van der Waals surface area (Å²) in [5.74, 6) is -0.423. The maximum absolute atomic E-state index is 13.6. The van der Waals surface area contributed by atoms with Gasteiger partial charge in [-0.1, -0.05) is 15.9 Å². The lowest BCUT2D eigenvalue weighted by Crippen LogP contribution is -2.35. The summed E-state index contributed by atoms with van der Waals surface area (Å²) in [5.41, 5.74) is 1.72. The van der Waals surface area contributed by atoms with Crippen LogP contribution in [0.5, 0.6) is 0 Å². The maximum atomic E-state index is 13.6. The minimum atomic E-state index is -3.95. The summed E-state index contributed by atoms with van der Waals surface area (Å²) in [7, 11) is -3.95. The molecule has 28 heavy (non-hydrogen) atoms. The smallest absolute Gasteiger partial charge is 0.266 e. The molecule has 0 unspecified atom stereocenters. The Kier molecular flexibility index (Phi) is 4.95. The van der Waals surface area contributed by atoms with Crippen molar-refractivity contribution in [1.29, 1.82) is 0 Å². The summed E-state index contributed by atoms with van der Waals surface area (Å²) in [6.45, 7) is 2.41. The zero-order valence-electron chi connectivity index (χ0n) is 15.4. The van der Waals surface area contributed by atoms with Gasteiger partial charge in [-0.15, -0.1) is 0 Å². The molecular weight excluding hydrogens is 447 g/mol. The summed E-state index contributed by atoms with van der Waals surface area (Å²) in [6.07, 6.45) is 2.35. The number of benzene rings is 2. The fourth-order valence-corrected chi connectivity index (χ4v) is 6.05. The van der Waals surface area contributed by atoms with E-state index in [2.05, 4.69) is 15.9 Å². The monoisotopic (exact) mass is 466 g/mol. The molecule has 2 aromatic rings. The Labute approximate surface area is 172 Å². The average Bonchev–Trinajstić information content (AvgIpc) is 3.42. The fraction of sp³-hybridized carbons (Fsp3) is 0.350. The lowest BCUT2D eigenvalue weighted by atomic mass is 10.2. The van der Waals surface area contributed by atoms with Gasteiger partial charge >= 0.3 is 0 Å². The third-order valence-corrected chi connectivity index (χ3v) is 7.53. The molecule has 0 atom stereocenters. The van der Waals surface area contributed by atoms with Crippen LogP contribution in [0.25, 0.3) is 0 Å². The highest BCUT2D eigenvalue weighted by atomic mass is 79.9. The second-order valence-electron chi connectivity index (χ2n) is 7.07. The Morgan fingerprint density at radius 2 is 1.93 bits per heavy atom. The van der Waals surface area contributed by atoms with Crippen LogP contribution < -0.4 is 9.21 Å². The molecule has 1 amide bonds. The van der Waals surface area contributed by atoms with Gasteiger partial charge in [-0.05, 0) is 68.1 Å². The molecule has 0 bridgehead atoms. The number of nitrogens with zero attached hydrogens (tertiary/aromatic N) is 2. The number of sulfonamides is 1. The van der Waals surface area contributed by atoms with E-state index in [0.717, 1.165) is 18.4 Å². The SMILES string of the molecule is CCN(c1ccc(F)cc1)S(=O)(=O)c1cc(Br)cc2c1N(C(=O)C1CC1)CC2. The molecule has 1 heterocycles. The minimum absolute atomic E-state index is 0.00218. The second-order valence-corrected chi connectivity index (χ2v) is 9.82. The van der Waals surface area contributed by atoms with Crippen molar-refractivity contribution in [3.8, 4) is 0 Å². The molecule has 8 heteroatoms. The zero-order chi connectivity index (χ0) is 20.1. The maximum Gasteiger partial charge on any atom is 0.266 e. The Bertz CT molecular complexity index is 1040. The predicted molar refractivity (Wildman–Crippen MR) is 110 cm³/mol. The Hall–Kier alpha value is -1.93. The van der Waals surface area contributed by atoms with Gasteiger partial charge in [-0.3, -0.25) is 9.10 Å². The second kappa shape index (κ2) is 7.15. The van der Waals surface area contributed by atoms with E-state index in [1.165, 1.54) is 28.6 Å². The molecule has 0 N–H and O–H groups in total. The highest BCUT2D eigenvalue weighted by Gasteiger charge is 2.40.